The molecule has 3 N–H and O–H groups in total. The molecule has 0 aliphatic rings. The van der Waals surface area contributed by atoms with Crippen molar-refractivity contribution >= 4 is 0 Å². The molecule has 0 radical (unpaired) electrons. The Hall–Kier alpha value is -0.800. The molecule has 0 aromatic rings. The summed E-state index contributed by atoms with van der Waals surface area (Å²) in [7, 11) is 1.90. The van der Waals surface area contributed by atoms with E-state index in [9.17, 15) is 5.11 Å². The van der Waals surface area contributed by atoms with Gasteiger partial charge >= 0.3 is 0 Å². The van der Waals surface area contributed by atoms with Crippen LogP contribution in [0, 0.1) is 5.92 Å². The molecule has 0 aromatic heterocycles. The third-order valence-electron chi connectivity index (χ3n) is 2.27. The molecule has 14 heavy (non-hydrogen) atoms. The summed E-state index contributed by atoms with van der Waals surface area (Å²) in [5, 5.41) is 9.30. The number of hydrogen-bond acceptors (Lipinski definition) is 3. The zero-order valence-corrected chi connectivity index (χ0v) is 9.40. The largest absolute Gasteiger partial charge is 0.399 e. The number of allylic oxidation sites excluding steroid dienone is 1. The predicted molar refractivity (Wildman–Crippen MR) is 60.6 cm³/mol. The van der Waals surface area contributed by atoms with Crippen LogP contribution in [0.1, 0.15) is 20.3 Å². The van der Waals surface area contributed by atoms with Crippen LogP contribution in [0.15, 0.2) is 24.4 Å². The van der Waals surface area contributed by atoms with E-state index >= 15 is 0 Å². The smallest absolute Gasteiger partial charge is 0.104 e. The Balaban J connectivity index is 4.09. The molecule has 0 saturated carbocycles. The van der Waals surface area contributed by atoms with Crippen LogP contribution in [0.2, 0.25) is 0 Å². The summed E-state index contributed by atoms with van der Waals surface area (Å²) in [6, 6.07) is 0. The van der Waals surface area contributed by atoms with Crippen molar-refractivity contribution in [2.24, 2.45) is 11.7 Å². The van der Waals surface area contributed by atoms with Crippen LogP contribution in [0.4, 0.5) is 0 Å². The molecule has 2 atom stereocenters. The van der Waals surface area contributed by atoms with E-state index in [1.807, 2.05) is 24.1 Å². The molecule has 0 saturated heterocycles. The predicted octanol–water partition coefficient (Wildman–Crippen LogP) is 1.31. The van der Waals surface area contributed by atoms with Crippen LogP contribution in [0.25, 0.3) is 0 Å². The molecule has 0 aliphatic heterocycles. The van der Waals surface area contributed by atoms with Gasteiger partial charge in [0.1, 0.15) is 6.23 Å². The molecule has 3 nitrogen and oxygen atoms in total. The van der Waals surface area contributed by atoms with E-state index in [0.717, 1.165) is 13.0 Å². The molecule has 82 valence electrons. The number of nitrogens with zero attached hydrogens (tertiary/aromatic N) is 1. The lowest BCUT2D eigenvalue weighted by Gasteiger charge is -2.23. The third-order valence-corrected chi connectivity index (χ3v) is 2.27. The number of aliphatic hydroxyl groups is 1. The molecular formula is C11H22N2O. The minimum Gasteiger partial charge on any atom is -0.399 e. The second-order valence-electron chi connectivity index (χ2n) is 3.67. The van der Waals surface area contributed by atoms with Gasteiger partial charge in [-0.2, -0.15) is 0 Å². The van der Waals surface area contributed by atoms with Crippen molar-refractivity contribution < 1.29 is 5.11 Å². The molecule has 0 aliphatic carbocycles. The van der Waals surface area contributed by atoms with Gasteiger partial charge in [-0.15, -0.1) is 0 Å². The number of aliphatic hydroxyl groups excluding tert-OH is 1. The molecule has 0 fully saturated rings. The monoisotopic (exact) mass is 198 g/mol. The highest BCUT2D eigenvalue weighted by atomic mass is 16.3. The Morgan fingerprint density at radius 2 is 2.21 bits per heavy atom. The lowest BCUT2D eigenvalue weighted by atomic mass is 10.1. The highest BCUT2D eigenvalue weighted by Crippen LogP contribution is 2.08. The minimum atomic E-state index is -0.404. The topological polar surface area (TPSA) is 49.5 Å². The van der Waals surface area contributed by atoms with Gasteiger partial charge in [0.2, 0.25) is 0 Å². The first-order valence-electron chi connectivity index (χ1n) is 4.98. The van der Waals surface area contributed by atoms with Crippen molar-refractivity contribution in [3.05, 3.63) is 24.4 Å². The molecule has 0 bridgehead atoms. The molecule has 0 amide bonds. The van der Waals surface area contributed by atoms with Crippen molar-refractivity contribution in [3.8, 4) is 0 Å². The van der Waals surface area contributed by atoms with Gasteiger partial charge in [0, 0.05) is 12.2 Å². The van der Waals surface area contributed by atoms with E-state index in [2.05, 4.69) is 13.5 Å². The first kappa shape index (κ1) is 13.2. The summed E-state index contributed by atoms with van der Waals surface area (Å²) in [6.07, 6.45) is 4.49. The maximum absolute atomic E-state index is 9.30. The normalized spacial score (nSPS) is 16.1. The van der Waals surface area contributed by atoms with Crippen molar-refractivity contribution in [2.75, 3.05) is 13.6 Å². The lowest BCUT2D eigenvalue weighted by molar-refractivity contribution is 0.0316. The number of hydrogen-bond donors (Lipinski definition) is 2. The first-order chi connectivity index (χ1) is 6.47. The van der Waals surface area contributed by atoms with Crippen LogP contribution in [0.5, 0.6) is 0 Å². The first-order valence-corrected chi connectivity index (χ1v) is 4.98. The Bertz CT molecular complexity index is 199. The van der Waals surface area contributed by atoms with Crippen LogP contribution in [-0.2, 0) is 0 Å². The van der Waals surface area contributed by atoms with E-state index in [4.69, 9.17) is 5.73 Å². The van der Waals surface area contributed by atoms with E-state index in [1.165, 1.54) is 0 Å². The number of nitrogens with two attached hydrogens (primary N) is 1. The van der Waals surface area contributed by atoms with Crippen LogP contribution < -0.4 is 5.73 Å². The van der Waals surface area contributed by atoms with Crippen LogP contribution in [-0.4, -0.2) is 29.8 Å². The average Bonchev–Trinajstić information content (AvgIpc) is 2.11. The fraction of sp³-hybridized carbons (Fsp3) is 0.636. The molecule has 3 heteroatoms. The SMILES string of the molecule is C=C(N)/C=C\C(CC)CN(C)C(C)O. The quantitative estimate of drug-likeness (QED) is 0.500. The number of rotatable bonds is 6. The Morgan fingerprint density at radius 3 is 2.57 bits per heavy atom. The van der Waals surface area contributed by atoms with Crippen molar-refractivity contribution in [3.63, 3.8) is 0 Å². The molecule has 0 aromatic carbocycles. The summed E-state index contributed by atoms with van der Waals surface area (Å²) in [5.41, 5.74) is 6.01. The maximum atomic E-state index is 9.30. The summed E-state index contributed by atoms with van der Waals surface area (Å²) < 4.78 is 0. The summed E-state index contributed by atoms with van der Waals surface area (Å²) in [4.78, 5) is 1.90. The molecule has 0 spiro atoms. The fourth-order valence-electron chi connectivity index (χ4n) is 1.11. The van der Waals surface area contributed by atoms with Gasteiger partial charge in [0.05, 0.1) is 0 Å². The molecule has 0 rings (SSSR count). The van der Waals surface area contributed by atoms with Crippen LogP contribution in [0.3, 0.4) is 0 Å². The zero-order chi connectivity index (χ0) is 11.1. The van der Waals surface area contributed by atoms with Gasteiger partial charge in [-0.3, -0.25) is 4.90 Å². The van der Waals surface area contributed by atoms with Gasteiger partial charge in [-0.05, 0) is 32.4 Å². The van der Waals surface area contributed by atoms with Crippen molar-refractivity contribution in [1.29, 1.82) is 0 Å². The summed E-state index contributed by atoms with van der Waals surface area (Å²) in [6.45, 7) is 8.31. The Labute approximate surface area is 86.9 Å². The Kier molecular flexibility index (Phi) is 6.25. The second kappa shape index (κ2) is 6.62. The van der Waals surface area contributed by atoms with Gasteiger partial charge < -0.3 is 10.8 Å². The van der Waals surface area contributed by atoms with Gasteiger partial charge in [0.25, 0.3) is 0 Å². The van der Waals surface area contributed by atoms with E-state index in [0.29, 0.717) is 11.6 Å². The highest BCUT2D eigenvalue weighted by Gasteiger charge is 2.09. The molecular weight excluding hydrogens is 176 g/mol. The summed E-state index contributed by atoms with van der Waals surface area (Å²) in [5.74, 6) is 0.412. The van der Waals surface area contributed by atoms with Crippen LogP contribution >= 0.6 is 0 Å². The highest BCUT2D eigenvalue weighted by molar-refractivity contribution is 5.10. The third kappa shape index (κ3) is 5.78. The molecule has 2 unspecified atom stereocenters. The van der Waals surface area contributed by atoms with Gasteiger partial charge in [-0.1, -0.05) is 19.6 Å². The Morgan fingerprint density at radius 1 is 1.64 bits per heavy atom. The van der Waals surface area contributed by atoms with E-state index < -0.39 is 6.23 Å². The fourth-order valence-corrected chi connectivity index (χ4v) is 1.11. The maximum Gasteiger partial charge on any atom is 0.104 e. The summed E-state index contributed by atoms with van der Waals surface area (Å²) >= 11 is 0. The van der Waals surface area contributed by atoms with E-state index in [1.54, 1.807) is 6.92 Å². The second-order valence-corrected chi connectivity index (χ2v) is 3.67. The van der Waals surface area contributed by atoms with Crippen molar-refractivity contribution in [2.45, 2.75) is 26.5 Å². The van der Waals surface area contributed by atoms with Gasteiger partial charge in [-0.25, -0.2) is 0 Å². The van der Waals surface area contributed by atoms with Crippen molar-refractivity contribution in [1.82, 2.24) is 4.90 Å². The average molecular weight is 198 g/mol. The molecule has 0 heterocycles. The zero-order valence-electron chi connectivity index (χ0n) is 9.40. The van der Waals surface area contributed by atoms with E-state index in [-0.39, 0.29) is 0 Å². The van der Waals surface area contributed by atoms with Gasteiger partial charge in [0.15, 0.2) is 0 Å². The minimum absolute atomic E-state index is 0.404. The lowest BCUT2D eigenvalue weighted by Crippen LogP contribution is -2.32. The standard InChI is InChI=1S/C11H22N2O/c1-5-11(7-6-9(2)12)8-13(4)10(3)14/h6-7,10-11,14H,2,5,8,12H2,1,3-4H3/b7-6-.